The van der Waals surface area contributed by atoms with Crippen molar-refractivity contribution in [2.75, 3.05) is 0 Å². The molecule has 0 saturated carbocycles. The van der Waals surface area contributed by atoms with Gasteiger partial charge in [-0.15, -0.1) is 11.3 Å². The maximum Gasteiger partial charge on any atom is 0.180 e. The van der Waals surface area contributed by atoms with Gasteiger partial charge in [-0.25, -0.2) is 4.98 Å². The number of nitrogens with zero attached hydrogens (tertiary/aromatic N) is 2. The molecule has 2 aromatic heterocycles. The van der Waals surface area contributed by atoms with Gasteiger partial charge in [-0.3, -0.25) is 0 Å². The van der Waals surface area contributed by atoms with E-state index in [-0.39, 0.29) is 11.5 Å². The second-order valence-electron chi connectivity index (χ2n) is 4.05. The van der Waals surface area contributed by atoms with Crippen molar-refractivity contribution in [2.24, 2.45) is 0 Å². The molecule has 0 saturated heterocycles. The van der Waals surface area contributed by atoms with Gasteiger partial charge < -0.3 is 14.7 Å². The van der Waals surface area contributed by atoms with E-state index in [1.807, 2.05) is 12.3 Å². The molecule has 0 radical (unpaired) electrons. The predicted octanol–water partition coefficient (Wildman–Crippen LogP) is 3.18. The van der Waals surface area contributed by atoms with Gasteiger partial charge in [0.1, 0.15) is 11.5 Å². The van der Waals surface area contributed by atoms with Gasteiger partial charge in [-0.05, 0) is 19.1 Å². The summed E-state index contributed by atoms with van der Waals surface area (Å²) in [5.74, 6) is 0.376. The van der Waals surface area contributed by atoms with E-state index in [9.17, 15) is 10.2 Å². The Hall–Kier alpha value is -2.34. The molecule has 0 aliphatic carbocycles. The first-order valence-corrected chi connectivity index (χ1v) is 6.48. The Morgan fingerprint density at radius 2 is 2.11 bits per heavy atom. The number of aromatic hydroxyl groups is 2. The van der Waals surface area contributed by atoms with Crippen LogP contribution in [0.4, 0.5) is 0 Å². The largest absolute Gasteiger partial charge is 0.508 e. The highest BCUT2D eigenvalue weighted by molar-refractivity contribution is 7.07. The predicted molar refractivity (Wildman–Crippen MR) is 71.1 cm³/mol. The lowest BCUT2D eigenvalue weighted by molar-refractivity contribution is 0.420. The molecule has 0 aliphatic rings. The van der Waals surface area contributed by atoms with Crippen LogP contribution in [-0.2, 0) is 0 Å². The topological polar surface area (TPSA) is 79.4 Å². The van der Waals surface area contributed by atoms with E-state index in [1.165, 1.54) is 23.5 Å². The smallest absolute Gasteiger partial charge is 0.180 e. The van der Waals surface area contributed by atoms with E-state index < -0.39 is 0 Å². The summed E-state index contributed by atoms with van der Waals surface area (Å²) in [4.78, 5) is 4.24. The van der Waals surface area contributed by atoms with Gasteiger partial charge in [0.05, 0.1) is 28.0 Å². The Bertz CT molecular complexity index is 720. The maximum atomic E-state index is 9.91. The van der Waals surface area contributed by atoms with Crippen molar-refractivity contribution >= 4 is 11.3 Å². The van der Waals surface area contributed by atoms with Gasteiger partial charge in [-0.1, -0.05) is 5.16 Å². The molecule has 0 aliphatic heterocycles. The summed E-state index contributed by atoms with van der Waals surface area (Å²) in [5.41, 5.74) is 4.41. The van der Waals surface area contributed by atoms with Gasteiger partial charge in [-0.2, -0.15) is 0 Å². The highest BCUT2D eigenvalue weighted by Gasteiger charge is 2.20. The summed E-state index contributed by atoms with van der Waals surface area (Å²) in [7, 11) is 0. The maximum absolute atomic E-state index is 9.91. The third-order valence-corrected chi connectivity index (χ3v) is 3.36. The second kappa shape index (κ2) is 4.40. The van der Waals surface area contributed by atoms with Crippen molar-refractivity contribution in [1.82, 2.24) is 10.1 Å². The first kappa shape index (κ1) is 11.7. The molecule has 0 unspecified atom stereocenters. The Morgan fingerprint density at radius 1 is 1.26 bits per heavy atom. The normalized spacial score (nSPS) is 10.8. The minimum Gasteiger partial charge on any atom is -0.508 e. The van der Waals surface area contributed by atoms with Crippen LogP contribution in [-0.4, -0.2) is 20.4 Å². The highest BCUT2D eigenvalue weighted by Crippen LogP contribution is 2.39. The van der Waals surface area contributed by atoms with E-state index in [0.29, 0.717) is 17.0 Å². The first-order valence-electron chi connectivity index (χ1n) is 5.54. The Balaban J connectivity index is 2.21. The molecular formula is C13H10N2O3S. The Labute approximate surface area is 112 Å². The SMILES string of the molecule is Cc1noc(-c2ccc(O)cc2O)c1-c1cscn1. The number of phenols is 2. The van der Waals surface area contributed by atoms with E-state index in [1.54, 1.807) is 11.6 Å². The number of aryl methyl sites for hydroxylation is 1. The molecular weight excluding hydrogens is 264 g/mol. The summed E-state index contributed by atoms with van der Waals surface area (Å²) in [5, 5.41) is 25.1. The molecule has 3 aromatic rings. The summed E-state index contributed by atoms with van der Waals surface area (Å²) in [6.45, 7) is 1.82. The minimum absolute atomic E-state index is 0.00676. The molecule has 96 valence electrons. The average molecular weight is 274 g/mol. The molecule has 0 spiro atoms. The lowest BCUT2D eigenvalue weighted by Crippen LogP contribution is -1.83. The van der Waals surface area contributed by atoms with Crippen molar-refractivity contribution in [2.45, 2.75) is 6.92 Å². The van der Waals surface area contributed by atoms with Crippen molar-refractivity contribution in [3.05, 3.63) is 34.8 Å². The molecule has 2 N–H and O–H groups in total. The number of thiazole rings is 1. The zero-order valence-electron chi connectivity index (χ0n) is 9.99. The molecule has 5 nitrogen and oxygen atoms in total. The van der Waals surface area contributed by atoms with Crippen LogP contribution in [0.25, 0.3) is 22.6 Å². The second-order valence-corrected chi connectivity index (χ2v) is 4.77. The van der Waals surface area contributed by atoms with Crippen LogP contribution in [0.1, 0.15) is 5.69 Å². The molecule has 19 heavy (non-hydrogen) atoms. The zero-order valence-corrected chi connectivity index (χ0v) is 10.8. The van der Waals surface area contributed by atoms with Gasteiger partial charge in [0, 0.05) is 11.4 Å². The molecule has 0 bridgehead atoms. The van der Waals surface area contributed by atoms with Crippen LogP contribution in [0, 0.1) is 6.92 Å². The van der Waals surface area contributed by atoms with Crippen molar-refractivity contribution < 1.29 is 14.7 Å². The quantitative estimate of drug-likeness (QED) is 0.750. The Morgan fingerprint density at radius 3 is 2.79 bits per heavy atom. The Kier molecular flexibility index (Phi) is 2.72. The fourth-order valence-corrected chi connectivity index (χ4v) is 2.45. The van der Waals surface area contributed by atoms with Crippen LogP contribution in [0.3, 0.4) is 0 Å². The monoisotopic (exact) mass is 274 g/mol. The average Bonchev–Trinajstić information content (AvgIpc) is 2.98. The molecule has 2 heterocycles. The summed E-state index contributed by atoms with van der Waals surface area (Å²) in [6, 6.07) is 4.33. The summed E-state index contributed by atoms with van der Waals surface area (Å²) < 4.78 is 5.30. The van der Waals surface area contributed by atoms with Crippen LogP contribution in [0.15, 0.2) is 33.6 Å². The number of aromatic nitrogens is 2. The number of hydrogen-bond donors (Lipinski definition) is 2. The van der Waals surface area contributed by atoms with Gasteiger partial charge in [0.25, 0.3) is 0 Å². The third-order valence-electron chi connectivity index (χ3n) is 2.78. The lowest BCUT2D eigenvalue weighted by atomic mass is 10.0. The number of rotatable bonds is 2. The van der Waals surface area contributed by atoms with Crippen LogP contribution < -0.4 is 0 Å². The van der Waals surface area contributed by atoms with E-state index in [2.05, 4.69) is 10.1 Å². The van der Waals surface area contributed by atoms with Crippen LogP contribution in [0.5, 0.6) is 11.5 Å². The van der Waals surface area contributed by atoms with Crippen LogP contribution in [0.2, 0.25) is 0 Å². The van der Waals surface area contributed by atoms with E-state index in [0.717, 1.165) is 11.3 Å². The third kappa shape index (κ3) is 1.96. The standard InChI is InChI=1S/C13H10N2O3S/c1-7-12(10-5-19-6-14-10)13(18-15-7)9-3-2-8(16)4-11(9)17/h2-6,16-17H,1H3. The molecule has 0 fully saturated rings. The van der Waals surface area contributed by atoms with Gasteiger partial charge >= 0.3 is 0 Å². The van der Waals surface area contributed by atoms with Crippen molar-refractivity contribution in [3.63, 3.8) is 0 Å². The highest BCUT2D eigenvalue weighted by atomic mass is 32.1. The number of benzene rings is 1. The zero-order chi connectivity index (χ0) is 13.4. The van der Waals surface area contributed by atoms with Crippen molar-refractivity contribution in [3.8, 4) is 34.1 Å². The lowest BCUT2D eigenvalue weighted by Gasteiger charge is -2.03. The minimum atomic E-state index is -0.0624. The molecule has 1 aromatic carbocycles. The molecule has 3 rings (SSSR count). The first-order chi connectivity index (χ1) is 9.16. The summed E-state index contributed by atoms with van der Waals surface area (Å²) >= 11 is 1.47. The van der Waals surface area contributed by atoms with Gasteiger partial charge in [0.15, 0.2) is 5.76 Å². The van der Waals surface area contributed by atoms with Gasteiger partial charge in [0.2, 0.25) is 0 Å². The molecule has 0 atom stereocenters. The number of hydrogen-bond acceptors (Lipinski definition) is 6. The molecule has 0 amide bonds. The molecule has 6 heteroatoms. The van der Waals surface area contributed by atoms with E-state index in [4.69, 9.17) is 4.52 Å². The fraction of sp³-hybridized carbons (Fsp3) is 0.0769. The van der Waals surface area contributed by atoms with Crippen molar-refractivity contribution in [1.29, 1.82) is 0 Å². The van der Waals surface area contributed by atoms with E-state index >= 15 is 0 Å². The number of phenolic OH excluding ortho intramolecular Hbond substituents is 2. The summed E-state index contributed by atoms with van der Waals surface area (Å²) in [6.07, 6.45) is 0. The van der Waals surface area contributed by atoms with Crippen LogP contribution >= 0.6 is 11.3 Å². The fourth-order valence-electron chi connectivity index (χ4n) is 1.90.